The van der Waals surface area contributed by atoms with Crippen molar-refractivity contribution in [1.29, 1.82) is 0 Å². The minimum absolute atomic E-state index is 0.0260. The molecule has 1 unspecified atom stereocenters. The van der Waals surface area contributed by atoms with Crippen molar-refractivity contribution in [1.82, 2.24) is 15.1 Å². The van der Waals surface area contributed by atoms with Crippen molar-refractivity contribution in [3.05, 3.63) is 65.1 Å². The maximum absolute atomic E-state index is 13.1. The van der Waals surface area contributed by atoms with E-state index in [1.807, 2.05) is 22.9 Å². The molecule has 1 amide bonds. The Hall–Kier alpha value is -2.93. The van der Waals surface area contributed by atoms with Crippen molar-refractivity contribution in [3.8, 4) is 0 Å². The first-order chi connectivity index (χ1) is 13.9. The van der Waals surface area contributed by atoms with E-state index in [4.69, 9.17) is 16.7 Å². The summed E-state index contributed by atoms with van der Waals surface area (Å²) in [4.78, 5) is 23.4. The summed E-state index contributed by atoms with van der Waals surface area (Å²) in [5.74, 6) is -2.16. The maximum atomic E-state index is 13.1. The summed E-state index contributed by atoms with van der Waals surface area (Å²) in [6, 6.07) is 11.2. The Balaban J connectivity index is 1.51. The zero-order valence-corrected chi connectivity index (χ0v) is 16.4. The molecule has 1 aromatic heterocycles. The highest BCUT2D eigenvalue weighted by atomic mass is 35.5. The second kappa shape index (κ2) is 9.52. The van der Waals surface area contributed by atoms with E-state index in [1.165, 1.54) is 24.3 Å². The molecule has 2 aromatic carbocycles. The second-order valence-corrected chi connectivity index (χ2v) is 7.20. The minimum Gasteiger partial charge on any atom is -0.481 e. The van der Waals surface area contributed by atoms with Gasteiger partial charge in [0.1, 0.15) is 5.82 Å². The van der Waals surface area contributed by atoms with E-state index < -0.39 is 17.7 Å². The molecular formula is C21H21ClFN3O3. The topological polar surface area (TPSA) is 84.2 Å². The first kappa shape index (κ1) is 20.8. The number of halogens is 2. The molecule has 0 aliphatic rings. The molecule has 0 saturated heterocycles. The van der Waals surface area contributed by atoms with Gasteiger partial charge in [-0.1, -0.05) is 29.8 Å². The maximum Gasteiger partial charge on any atom is 0.303 e. The molecule has 0 spiro atoms. The monoisotopic (exact) mass is 417 g/mol. The first-order valence-electron chi connectivity index (χ1n) is 9.28. The van der Waals surface area contributed by atoms with Gasteiger partial charge in [-0.05, 0) is 36.2 Å². The van der Waals surface area contributed by atoms with Gasteiger partial charge in [-0.3, -0.25) is 14.3 Å². The Morgan fingerprint density at radius 2 is 1.93 bits per heavy atom. The van der Waals surface area contributed by atoms with Crippen LogP contribution < -0.4 is 5.32 Å². The van der Waals surface area contributed by atoms with E-state index in [2.05, 4.69) is 10.4 Å². The highest BCUT2D eigenvalue weighted by Gasteiger charge is 2.19. The highest BCUT2D eigenvalue weighted by Crippen LogP contribution is 2.24. The fraction of sp³-hybridized carbons (Fsp3) is 0.286. The van der Waals surface area contributed by atoms with Gasteiger partial charge in [0, 0.05) is 30.8 Å². The van der Waals surface area contributed by atoms with E-state index in [0.29, 0.717) is 30.1 Å². The number of aromatic nitrogens is 2. The van der Waals surface area contributed by atoms with Crippen molar-refractivity contribution < 1.29 is 19.1 Å². The van der Waals surface area contributed by atoms with Crippen LogP contribution in [0.3, 0.4) is 0 Å². The Bertz CT molecular complexity index is 1000. The molecule has 29 heavy (non-hydrogen) atoms. The van der Waals surface area contributed by atoms with Gasteiger partial charge in [-0.25, -0.2) is 4.39 Å². The number of rotatable bonds is 9. The zero-order valence-electron chi connectivity index (χ0n) is 15.6. The van der Waals surface area contributed by atoms with E-state index in [0.717, 1.165) is 10.9 Å². The summed E-state index contributed by atoms with van der Waals surface area (Å²) >= 11 is 6.14. The molecule has 8 heteroatoms. The Morgan fingerprint density at radius 1 is 1.17 bits per heavy atom. The number of nitrogens with zero attached hydrogens (tertiary/aromatic N) is 2. The van der Waals surface area contributed by atoms with E-state index in [1.54, 1.807) is 6.20 Å². The lowest BCUT2D eigenvalue weighted by Gasteiger charge is -2.15. The lowest BCUT2D eigenvalue weighted by molar-refractivity contribution is -0.137. The van der Waals surface area contributed by atoms with Crippen LogP contribution in [0.5, 0.6) is 0 Å². The fourth-order valence-corrected chi connectivity index (χ4v) is 3.47. The Morgan fingerprint density at radius 3 is 2.66 bits per heavy atom. The van der Waals surface area contributed by atoms with E-state index in [9.17, 15) is 14.0 Å². The van der Waals surface area contributed by atoms with Crippen LogP contribution in [0, 0.1) is 5.82 Å². The molecular weight excluding hydrogens is 397 g/mol. The number of aryl methyl sites for hydroxylation is 1. The van der Waals surface area contributed by atoms with Crippen LogP contribution >= 0.6 is 11.6 Å². The van der Waals surface area contributed by atoms with E-state index >= 15 is 0 Å². The SMILES string of the molecule is O=C(O)CC(CC(=O)NCCCn1ncc2c(Cl)cccc21)c1ccc(F)cc1. The number of carbonyl (C=O) groups is 2. The predicted octanol–water partition coefficient (Wildman–Crippen LogP) is 3.98. The highest BCUT2D eigenvalue weighted by molar-refractivity contribution is 6.35. The van der Waals surface area contributed by atoms with Crippen LogP contribution in [0.15, 0.2) is 48.7 Å². The van der Waals surface area contributed by atoms with Gasteiger partial charge in [-0.15, -0.1) is 0 Å². The molecule has 0 fully saturated rings. The molecule has 152 valence electrons. The number of nitrogens with one attached hydrogen (secondary N) is 1. The molecule has 3 aromatic rings. The molecule has 6 nitrogen and oxygen atoms in total. The standard InChI is InChI=1S/C21H21ClFN3O3/c22-18-3-1-4-19-17(18)13-25-26(19)10-2-9-24-20(27)11-15(12-21(28)29)14-5-7-16(23)8-6-14/h1,3-8,13,15H,2,9-12H2,(H,24,27)(H,28,29). The smallest absolute Gasteiger partial charge is 0.303 e. The number of fused-ring (bicyclic) bond motifs is 1. The first-order valence-corrected chi connectivity index (χ1v) is 9.66. The Kier molecular flexibility index (Phi) is 6.82. The summed E-state index contributed by atoms with van der Waals surface area (Å²) in [7, 11) is 0. The van der Waals surface area contributed by atoms with Crippen LogP contribution in [0.1, 0.15) is 30.7 Å². The van der Waals surface area contributed by atoms with Gasteiger partial charge >= 0.3 is 5.97 Å². The zero-order chi connectivity index (χ0) is 20.8. The largest absolute Gasteiger partial charge is 0.481 e. The summed E-state index contributed by atoms with van der Waals surface area (Å²) in [6.07, 6.45) is 2.21. The normalized spacial score (nSPS) is 12.1. The number of carbonyl (C=O) groups excluding carboxylic acids is 1. The van der Waals surface area contributed by atoms with Gasteiger partial charge < -0.3 is 10.4 Å². The van der Waals surface area contributed by atoms with Crippen LogP contribution in [0.4, 0.5) is 4.39 Å². The molecule has 3 rings (SSSR count). The number of hydrogen-bond donors (Lipinski definition) is 2. The lowest BCUT2D eigenvalue weighted by Crippen LogP contribution is -2.27. The molecule has 0 saturated carbocycles. The molecule has 0 radical (unpaired) electrons. The number of benzene rings is 2. The molecule has 0 aliphatic carbocycles. The number of amides is 1. The molecule has 2 N–H and O–H groups in total. The Labute approximate surface area is 172 Å². The van der Waals surface area contributed by atoms with Gasteiger partial charge in [0.15, 0.2) is 0 Å². The van der Waals surface area contributed by atoms with Crippen molar-refractivity contribution in [3.63, 3.8) is 0 Å². The second-order valence-electron chi connectivity index (χ2n) is 6.79. The number of carboxylic acids is 1. The van der Waals surface area contributed by atoms with Crippen molar-refractivity contribution >= 4 is 34.4 Å². The van der Waals surface area contributed by atoms with Crippen molar-refractivity contribution in [2.24, 2.45) is 0 Å². The average Bonchev–Trinajstić information content (AvgIpc) is 3.09. The van der Waals surface area contributed by atoms with Crippen LogP contribution in [-0.4, -0.2) is 33.3 Å². The predicted molar refractivity (Wildman–Crippen MR) is 108 cm³/mol. The van der Waals surface area contributed by atoms with E-state index in [-0.39, 0.29) is 18.7 Å². The van der Waals surface area contributed by atoms with Crippen LogP contribution in [0.25, 0.3) is 10.9 Å². The third kappa shape index (κ3) is 5.54. The number of hydrogen-bond acceptors (Lipinski definition) is 3. The summed E-state index contributed by atoms with van der Waals surface area (Å²) in [5.41, 5.74) is 1.56. The van der Waals surface area contributed by atoms with Crippen molar-refractivity contribution in [2.45, 2.75) is 31.7 Å². The fourth-order valence-electron chi connectivity index (χ4n) is 3.25. The van der Waals surface area contributed by atoms with Crippen LogP contribution in [0.2, 0.25) is 5.02 Å². The molecule has 1 atom stereocenters. The van der Waals surface area contributed by atoms with Gasteiger partial charge in [0.2, 0.25) is 5.91 Å². The summed E-state index contributed by atoms with van der Waals surface area (Å²) in [5, 5.41) is 17.8. The lowest BCUT2D eigenvalue weighted by atomic mass is 9.92. The summed E-state index contributed by atoms with van der Waals surface area (Å²) < 4.78 is 14.9. The minimum atomic E-state index is -1.00. The van der Waals surface area contributed by atoms with Gasteiger partial charge in [-0.2, -0.15) is 5.10 Å². The van der Waals surface area contributed by atoms with Gasteiger partial charge in [0.25, 0.3) is 0 Å². The molecule has 0 aliphatic heterocycles. The number of aliphatic carboxylic acids is 1. The molecule has 0 bridgehead atoms. The summed E-state index contributed by atoms with van der Waals surface area (Å²) in [6.45, 7) is 1.05. The average molecular weight is 418 g/mol. The van der Waals surface area contributed by atoms with Crippen LogP contribution in [-0.2, 0) is 16.1 Å². The van der Waals surface area contributed by atoms with Gasteiger partial charge in [0.05, 0.1) is 23.2 Å². The number of carboxylic acid groups (broad SMARTS) is 1. The molecule has 1 heterocycles. The third-order valence-electron chi connectivity index (χ3n) is 4.70. The quantitative estimate of drug-likeness (QED) is 0.516. The third-order valence-corrected chi connectivity index (χ3v) is 5.03. The van der Waals surface area contributed by atoms with Crippen molar-refractivity contribution in [2.75, 3.05) is 6.54 Å².